The third-order valence-corrected chi connectivity index (χ3v) is 5.86. The Morgan fingerprint density at radius 1 is 1.30 bits per heavy atom. The summed E-state index contributed by atoms with van der Waals surface area (Å²) in [5.41, 5.74) is -0.0806. The molecule has 8 heteroatoms. The van der Waals surface area contributed by atoms with Gasteiger partial charge < -0.3 is 5.32 Å². The number of anilines is 1. The standard InChI is InChI=1S/C12H12BrFN2O2S2/c1-15-7-9-3-5-12(19-9)20(17,18)16-11-6-8(13)2-4-10(11)14/h2-6,15-16H,7H2,1H3. The van der Waals surface area contributed by atoms with Crippen molar-refractivity contribution >= 4 is 43.0 Å². The molecule has 4 nitrogen and oxygen atoms in total. The van der Waals surface area contributed by atoms with Gasteiger partial charge in [-0.1, -0.05) is 15.9 Å². The molecular weight excluding hydrogens is 367 g/mol. The lowest BCUT2D eigenvalue weighted by atomic mass is 10.3. The molecule has 0 amide bonds. The van der Waals surface area contributed by atoms with E-state index in [1.165, 1.54) is 24.3 Å². The fourth-order valence-corrected chi connectivity index (χ4v) is 4.33. The van der Waals surface area contributed by atoms with Crippen molar-refractivity contribution in [2.75, 3.05) is 11.8 Å². The van der Waals surface area contributed by atoms with Gasteiger partial charge in [0.05, 0.1) is 5.69 Å². The molecule has 0 fully saturated rings. The largest absolute Gasteiger partial charge is 0.315 e. The average Bonchev–Trinajstić information content (AvgIpc) is 2.83. The molecule has 0 aliphatic heterocycles. The predicted octanol–water partition coefficient (Wildman–Crippen LogP) is 3.17. The maximum atomic E-state index is 13.6. The van der Waals surface area contributed by atoms with Crippen molar-refractivity contribution in [3.05, 3.63) is 45.5 Å². The Morgan fingerprint density at radius 2 is 2.05 bits per heavy atom. The molecule has 0 saturated heterocycles. The molecule has 0 bridgehead atoms. The highest BCUT2D eigenvalue weighted by Gasteiger charge is 2.18. The summed E-state index contributed by atoms with van der Waals surface area (Å²) in [5, 5.41) is 2.94. The van der Waals surface area contributed by atoms with Crippen LogP contribution in [0.2, 0.25) is 0 Å². The van der Waals surface area contributed by atoms with E-state index in [2.05, 4.69) is 26.0 Å². The van der Waals surface area contributed by atoms with Crippen LogP contribution in [0.3, 0.4) is 0 Å². The van der Waals surface area contributed by atoms with E-state index in [0.717, 1.165) is 16.2 Å². The van der Waals surface area contributed by atoms with Gasteiger partial charge in [-0.2, -0.15) is 0 Å². The Kier molecular flexibility index (Phi) is 4.79. The van der Waals surface area contributed by atoms with E-state index in [1.807, 2.05) is 0 Å². The van der Waals surface area contributed by atoms with Crippen LogP contribution < -0.4 is 10.0 Å². The van der Waals surface area contributed by atoms with Gasteiger partial charge in [-0.15, -0.1) is 11.3 Å². The molecule has 2 N–H and O–H groups in total. The Hall–Kier alpha value is -0.960. The zero-order chi connectivity index (χ0) is 14.8. The van der Waals surface area contributed by atoms with Gasteiger partial charge in [0.2, 0.25) is 0 Å². The van der Waals surface area contributed by atoms with Crippen LogP contribution in [0.25, 0.3) is 0 Å². The molecule has 0 saturated carbocycles. The summed E-state index contributed by atoms with van der Waals surface area (Å²) in [5.74, 6) is -0.622. The molecular formula is C12H12BrFN2O2S2. The van der Waals surface area contributed by atoms with Gasteiger partial charge >= 0.3 is 0 Å². The lowest BCUT2D eigenvalue weighted by molar-refractivity contribution is 0.600. The van der Waals surface area contributed by atoms with Crippen LogP contribution >= 0.6 is 27.3 Å². The molecule has 0 radical (unpaired) electrons. The second kappa shape index (κ2) is 6.21. The molecule has 0 aliphatic carbocycles. The zero-order valence-electron chi connectivity index (χ0n) is 10.5. The van der Waals surface area contributed by atoms with Crippen LogP contribution in [0, 0.1) is 5.82 Å². The molecule has 0 spiro atoms. The molecule has 1 aromatic carbocycles. The number of hydrogen-bond acceptors (Lipinski definition) is 4. The minimum absolute atomic E-state index is 0.0806. The molecule has 2 aromatic rings. The Bertz CT molecular complexity index is 716. The lowest BCUT2D eigenvalue weighted by Crippen LogP contribution is -2.12. The average molecular weight is 379 g/mol. The Morgan fingerprint density at radius 3 is 2.75 bits per heavy atom. The SMILES string of the molecule is CNCc1ccc(S(=O)(=O)Nc2cc(Br)ccc2F)s1. The monoisotopic (exact) mass is 378 g/mol. The van der Waals surface area contributed by atoms with Crippen molar-refractivity contribution in [3.8, 4) is 0 Å². The van der Waals surface area contributed by atoms with E-state index >= 15 is 0 Å². The zero-order valence-corrected chi connectivity index (χ0v) is 13.7. The number of thiophene rings is 1. The number of sulfonamides is 1. The molecule has 20 heavy (non-hydrogen) atoms. The number of halogens is 2. The van der Waals surface area contributed by atoms with E-state index in [-0.39, 0.29) is 9.90 Å². The highest BCUT2D eigenvalue weighted by molar-refractivity contribution is 9.10. The molecule has 1 aromatic heterocycles. The van der Waals surface area contributed by atoms with Crippen LogP contribution in [0.1, 0.15) is 4.88 Å². The maximum Gasteiger partial charge on any atom is 0.271 e. The van der Waals surface area contributed by atoms with E-state index in [9.17, 15) is 12.8 Å². The van der Waals surface area contributed by atoms with Crippen molar-refractivity contribution in [3.63, 3.8) is 0 Å². The summed E-state index contributed by atoms with van der Waals surface area (Å²) < 4.78 is 41.0. The lowest BCUT2D eigenvalue weighted by Gasteiger charge is -2.07. The van der Waals surface area contributed by atoms with Crippen molar-refractivity contribution in [1.29, 1.82) is 0 Å². The van der Waals surface area contributed by atoms with Crippen LogP contribution in [-0.4, -0.2) is 15.5 Å². The fraction of sp³-hybridized carbons (Fsp3) is 0.167. The van der Waals surface area contributed by atoms with Crippen molar-refractivity contribution in [2.24, 2.45) is 0 Å². The summed E-state index contributed by atoms with van der Waals surface area (Å²) in [4.78, 5) is 0.891. The van der Waals surface area contributed by atoms with Crippen molar-refractivity contribution in [1.82, 2.24) is 5.32 Å². The number of benzene rings is 1. The van der Waals surface area contributed by atoms with Gasteiger partial charge in [0.1, 0.15) is 10.0 Å². The van der Waals surface area contributed by atoms with Crippen LogP contribution in [0.5, 0.6) is 0 Å². The second-order valence-corrected chi connectivity index (χ2v) is 7.97. The fourth-order valence-electron chi connectivity index (χ4n) is 1.54. The normalized spacial score (nSPS) is 11.6. The first kappa shape index (κ1) is 15.4. The molecule has 2 rings (SSSR count). The highest BCUT2D eigenvalue weighted by Crippen LogP contribution is 2.26. The summed E-state index contributed by atoms with van der Waals surface area (Å²) in [6.07, 6.45) is 0. The molecule has 0 unspecified atom stereocenters. The molecule has 108 valence electrons. The minimum Gasteiger partial charge on any atom is -0.315 e. The second-order valence-electron chi connectivity index (χ2n) is 3.98. The third kappa shape index (κ3) is 3.57. The smallest absolute Gasteiger partial charge is 0.271 e. The number of rotatable bonds is 5. The molecule has 0 aliphatic rings. The highest BCUT2D eigenvalue weighted by atomic mass is 79.9. The van der Waals surface area contributed by atoms with Gasteiger partial charge in [-0.25, -0.2) is 12.8 Å². The van der Waals surface area contributed by atoms with Crippen LogP contribution in [-0.2, 0) is 16.6 Å². The van der Waals surface area contributed by atoms with E-state index in [0.29, 0.717) is 11.0 Å². The summed E-state index contributed by atoms with van der Waals surface area (Å²) in [6, 6.07) is 7.32. The van der Waals surface area contributed by atoms with Gasteiger partial charge in [0.15, 0.2) is 0 Å². The van der Waals surface area contributed by atoms with Gasteiger partial charge in [0.25, 0.3) is 10.0 Å². The quantitative estimate of drug-likeness (QED) is 0.839. The Balaban J connectivity index is 2.28. The van der Waals surface area contributed by atoms with Crippen molar-refractivity contribution in [2.45, 2.75) is 10.8 Å². The molecule has 0 atom stereocenters. The van der Waals surface area contributed by atoms with Crippen molar-refractivity contribution < 1.29 is 12.8 Å². The first-order valence-corrected chi connectivity index (χ1v) is 8.73. The topological polar surface area (TPSA) is 58.2 Å². The number of hydrogen-bond donors (Lipinski definition) is 2. The summed E-state index contributed by atoms with van der Waals surface area (Å²) in [6.45, 7) is 0.589. The van der Waals surface area contributed by atoms with Crippen LogP contribution in [0.15, 0.2) is 39.0 Å². The third-order valence-electron chi connectivity index (χ3n) is 2.43. The van der Waals surface area contributed by atoms with Gasteiger partial charge in [-0.3, -0.25) is 4.72 Å². The maximum absolute atomic E-state index is 13.6. The molecule has 1 heterocycles. The first-order valence-electron chi connectivity index (χ1n) is 5.63. The Labute approximate surface area is 129 Å². The minimum atomic E-state index is -3.77. The van der Waals surface area contributed by atoms with E-state index in [4.69, 9.17) is 0 Å². The van der Waals surface area contributed by atoms with Crippen LogP contribution in [0.4, 0.5) is 10.1 Å². The van der Waals surface area contributed by atoms with Gasteiger partial charge in [-0.05, 0) is 37.4 Å². The summed E-state index contributed by atoms with van der Waals surface area (Å²) >= 11 is 4.32. The number of nitrogens with one attached hydrogen (secondary N) is 2. The van der Waals surface area contributed by atoms with E-state index < -0.39 is 15.8 Å². The predicted molar refractivity (Wildman–Crippen MR) is 82.0 cm³/mol. The van der Waals surface area contributed by atoms with E-state index in [1.54, 1.807) is 13.1 Å². The summed E-state index contributed by atoms with van der Waals surface area (Å²) in [7, 11) is -1.99. The first-order chi connectivity index (χ1) is 9.42. The van der Waals surface area contributed by atoms with Gasteiger partial charge in [0, 0.05) is 15.9 Å².